The Morgan fingerprint density at radius 2 is 1.94 bits per heavy atom. The van der Waals surface area contributed by atoms with Crippen molar-refractivity contribution in [3.05, 3.63) is 33.6 Å². The molecule has 1 aromatic carbocycles. The SMILES string of the molecule is O=C(O)CCCNC(=O)c1cc(F)c(Cl)cc1Cl. The van der Waals surface area contributed by atoms with E-state index >= 15 is 0 Å². The van der Waals surface area contributed by atoms with Gasteiger partial charge in [0.1, 0.15) is 5.82 Å². The van der Waals surface area contributed by atoms with E-state index < -0.39 is 17.7 Å². The van der Waals surface area contributed by atoms with Gasteiger partial charge in [0.25, 0.3) is 5.91 Å². The third kappa shape index (κ3) is 4.16. The molecule has 0 saturated carbocycles. The van der Waals surface area contributed by atoms with E-state index in [1.54, 1.807) is 0 Å². The van der Waals surface area contributed by atoms with E-state index in [0.717, 1.165) is 12.1 Å². The largest absolute Gasteiger partial charge is 0.481 e. The van der Waals surface area contributed by atoms with Gasteiger partial charge in [0, 0.05) is 13.0 Å². The first-order valence-electron chi connectivity index (χ1n) is 5.06. The summed E-state index contributed by atoms with van der Waals surface area (Å²) in [5.74, 6) is -2.25. The predicted octanol–water partition coefficient (Wildman–Crippen LogP) is 2.73. The Labute approximate surface area is 113 Å². The van der Waals surface area contributed by atoms with E-state index in [9.17, 15) is 14.0 Å². The van der Waals surface area contributed by atoms with Gasteiger partial charge in [-0.2, -0.15) is 0 Å². The van der Waals surface area contributed by atoms with Gasteiger partial charge in [-0.25, -0.2) is 4.39 Å². The van der Waals surface area contributed by atoms with Crippen LogP contribution in [0.2, 0.25) is 10.0 Å². The Morgan fingerprint density at radius 1 is 1.28 bits per heavy atom. The molecule has 0 saturated heterocycles. The van der Waals surface area contributed by atoms with Crippen molar-refractivity contribution < 1.29 is 19.1 Å². The zero-order chi connectivity index (χ0) is 13.7. The molecule has 18 heavy (non-hydrogen) atoms. The van der Waals surface area contributed by atoms with Crippen LogP contribution in [0.3, 0.4) is 0 Å². The zero-order valence-corrected chi connectivity index (χ0v) is 10.7. The van der Waals surface area contributed by atoms with Crippen molar-refractivity contribution in [1.29, 1.82) is 0 Å². The lowest BCUT2D eigenvalue weighted by Crippen LogP contribution is -2.25. The van der Waals surface area contributed by atoms with Crippen molar-refractivity contribution in [3.63, 3.8) is 0 Å². The molecule has 0 atom stereocenters. The Bertz CT molecular complexity index is 480. The van der Waals surface area contributed by atoms with Crippen LogP contribution in [0.1, 0.15) is 23.2 Å². The van der Waals surface area contributed by atoms with Gasteiger partial charge in [0.05, 0.1) is 15.6 Å². The van der Waals surface area contributed by atoms with Crippen molar-refractivity contribution in [1.82, 2.24) is 5.32 Å². The highest BCUT2D eigenvalue weighted by molar-refractivity contribution is 6.36. The highest BCUT2D eigenvalue weighted by Gasteiger charge is 2.13. The molecule has 2 N–H and O–H groups in total. The molecule has 1 aromatic rings. The molecule has 0 aliphatic rings. The molecule has 0 aromatic heterocycles. The highest BCUT2D eigenvalue weighted by atomic mass is 35.5. The lowest BCUT2D eigenvalue weighted by Gasteiger charge is -2.07. The number of carbonyl (C=O) groups is 2. The summed E-state index contributed by atoms with van der Waals surface area (Å²) in [4.78, 5) is 21.9. The van der Waals surface area contributed by atoms with Gasteiger partial charge in [-0.1, -0.05) is 23.2 Å². The minimum Gasteiger partial charge on any atom is -0.481 e. The minimum atomic E-state index is -0.945. The maximum atomic E-state index is 13.2. The monoisotopic (exact) mass is 293 g/mol. The molecule has 0 unspecified atom stereocenters. The van der Waals surface area contributed by atoms with Crippen LogP contribution in [0.25, 0.3) is 0 Å². The summed E-state index contributed by atoms with van der Waals surface area (Å²) in [5, 5.41) is 10.7. The van der Waals surface area contributed by atoms with Crippen LogP contribution in [-0.2, 0) is 4.79 Å². The molecular formula is C11H10Cl2FNO3. The average molecular weight is 294 g/mol. The predicted molar refractivity (Wildman–Crippen MR) is 65.6 cm³/mol. The van der Waals surface area contributed by atoms with Crippen LogP contribution >= 0.6 is 23.2 Å². The quantitative estimate of drug-likeness (QED) is 0.648. The number of rotatable bonds is 5. The Kier molecular flexibility index (Phi) is 5.37. The fourth-order valence-corrected chi connectivity index (χ4v) is 1.70. The number of hydrogen-bond donors (Lipinski definition) is 2. The van der Waals surface area contributed by atoms with E-state index in [2.05, 4.69) is 5.32 Å². The van der Waals surface area contributed by atoms with Gasteiger partial charge < -0.3 is 10.4 Å². The minimum absolute atomic E-state index is 0.0334. The number of nitrogens with one attached hydrogen (secondary N) is 1. The molecule has 0 spiro atoms. The molecule has 0 fully saturated rings. The standard InChI is InChI=1S/C11H10Cl2FNO3/c12-7-5-8(13)9(14)4-6(7)11(18)15-3-1-2-10(16)17/h4-5H,1-3H2,(H,15,18)(H,16,17). The summed E-state index contributed by atoms with van der Waals surface area (Å²) >= 11 is 11.2. The molecule has 98 valence electrons. The van der Waals surface area contributed by atoms with Gasteiger partial charge >= 0.3 is 5.97 Å². The number of halogens is 3. The molecule has 1 amide bonds. The first-order chi connectivity index (χ1) is 8.41. The first kappa shape index (κ1) is 14.7. The van der Waals surface area contributed by atoms with Crippen molar-refractivity contribution >= 4 is 35.1 Å². The van der Waals surface area contributed by atoms with Crippen LogP contribution in [0.15, 0.2) is 12.1 Å². The van der Waals surface area contributed by atoms with Gasteiger partial charge in [0.15, 0.2) is 0 Å². The molecule has 0 bridgehead atoms. The summed E-state index contributed by atoms with van der Waals surface area (Å²) in [7, 11) is 0. The van der Waals surface area contributed by atoms with E-state index in [-0.39, 0.29) is 35.0 Å². The Balaban J connectivity index is 2.62. The lowest BCUT2D eigenvalue weighted by atomic mass is 10.2. The highest BCUT2D eigenvalue weighted by Crippen LogP contribution is 2.24. The average Bonchev–Trinajstić information content (AvgIpc) is 2.28. The number of carbonyl (C=O) groups excluding carboxylic acids is 1. The molecule has 1 rings (SSSR count). The number of hydrogen-bond acceptors (Lipinski definition) is 2. The molecule has 0 aliphatic heterocycles. The number of amides is 1. The summed E-state index contributed by atoms with van der Waals surface area (Å²) < 4.78 is 13.2. The fraction of sp³-hybridized carbons (Fsp3) is 0.273. The molecule has 0 aliphatic carbocycles. The van der Waals surface area contributed by atoms with Crippen LogP contribution in [0, 0.1) is 5.82 Å². The number of aliphatic carboxylic acids is 1. The summed E-state index contributed by atoms with van der Waals surface area (Å²) in [5.41, 5.74) is -0.0334. The first-order valence-corrected chi connectivity index (χ1v) is 5.82. The van der Waals surface area contributed by atoms with Gasteiger partial charge in [0.2, 0.25) is 0 Å². The summed E-state index contributed by atoms with van der Waals surface area (Å²) in [6.07, 6.45) is 0.234. The number of carboxylic acid groups (broad SMARTS) is 1. The smallest absolute Gasteiger partial charge is 0.303 e. The van der Waals surface area contributed by atoms with Crippen molar-refractivity contribution in [2.45, 2.75) is 12.8 Å². The Hall–Kier alpha value is -1.33. The topological polar surface area (TPSA) is 66.4 Å². The van der Waals surface area contributed by atoms with E-state index in [1.807, 2.05) is 0 Å². The normalized spacial score (nSPS) is 10.2. The van der Waals surface area contributed by atoms with Gasteiger partial charge in [-0.3, -0.25) is 9.59 Å². The van der Waals surface area contributed by atoms with Crippen LogP contribution in [0.4, 0.5) is 4.39 Å². The lowest BCUT2D eigenvalue weighted by molar-refractivity contribution is -0.137. The zero-order valence-electron chi connectivity index (χ0n) is 9.17. The van der Waals surface area contributed by atoms with E-state index in [1.165, 1.54) is 0 Å². The molecule has 0 heterocycles. The van der Waals surface area contributed by atoms with Crippen molar-refractivity contribution in [2.24, 2.45) is 0 Å². The molecular weight excluding hydrogens is 284 g/mol. The fourth-order valence-electron chi connectivity index (χ4n) is 1.23. The second kappa shape index (κ2) is 6.56. The Morgan fingerprint density at radius 3 is 2.56 bits per heavy atom. The van der Waals surface area contributed by atoms with Crippen molar-refractivity contribution in [3.8, 4) is 0 Å². The molecule has 7 heteroatoms. The van der Waals surface area contributed by atoms with Crippen LogP contribution in [-0.4, -0.2) is 23.5 Å². The number of benzene rings is 1. The second-order valence-corrected chi connectivity index (χ2v) is 4.31. The third-order valence-corrected chi connectivity index (χ3v) is 2.71. The van der Waals surface area contributed by atoms with Gasteiger partial charge in [-0.15, -0.1) is 0 Å². The maximum absolute atomic E-state index is 13.2. The van der Waals surface area contributed by atoms with E-state index in [4.69, 9.17) is 28.3 Å². The summed E-state index contributed by atoms with van der Waals surface area (Å²) in [6, 6.07) is 2.09. The van der Waals surface area contributed by atoms with Crippen LogP contribution < -0.4 is 5.32 Å². The summed E-state index contributed by atoms with van der Waals surface area (Å²) in [6.45, 7) is 0.172. The second-order valence-electron chi connectivity index (χ2n) is 3.50. The molecule has 4 nitrogen and oxygen atoms in total. The van der Waals surface area contributed by atoms with Crippen LogP contribution in [0.5, 0.6) is 0 Å². The van der Waals surface area contributed by atoms with Gasteiger partial charge in [-0.05, 0) is 18.6 Å². The van der Waals surface area contributed by atoms with E-state index in [0.29, 0.717) is 0 Å². The van der Waals surface area contributed by atoms with Crippen molar-refractivity contribution in [2.75, 3.05) is 6.54 Å². The molecule has 0 radical (unpaired) electrons. The third-order valence-electron chi connectivity index (χ3n) is 2.11. The number of carboxylic acids is 1. The maximum Gasteiger partial charge on any atom is 0.303 e.